The van der Waals surface area contributed by atoms with Crippen LogP contribution in [0.25, 0.3) is 0 Å². The summed E-state index contributed by atoms with van der Waals surface area (Å²) in [7, 11) is 0. The fraction of sp³-hybridized carbons (Fsp3) is 0.721. The largest absolute Gasteiger partial charge is 0.462 e. The molecule has 0 rings (SSSR count). The molecule has 0 heterocycles. The molecule has 1 unspecified atom stereocenters. The second-order valence-corrected chi connectivity index (χ2v) is 20.6. The molecule has 74 heavy (non-hydrogen) atoms. The molecular weight excluding hydrogens is 913 g/mol. The summed E-state index contributed by atoms with van der Waals surface area (Å²) >= 11 is 0. The molecule has 424 valence electrons. The van der Waals surface area contributed by atoms with Crippen LogP contribution in [0.4, 0.5) is 0 Å². The van der Waals surface area contributed by atoms with E-state index in [0.717, 1.165) is 135 Å². The van der Waals surface area contributed by atoms with E-state index in [9.17, 15) is 14.4 Å². The first kappa shape index (κ1) is 70.3. The number of carbonyl (C=O) groups excluding carboxylic acids is 3. The highest BCUT2D eigenvalue weighted by atomic mass is 16.6. The molecule has 0 aromatic carbocycles. The third-order valence-electron chi connectivity index (χ3n) is 13.3. The first-order valence-corrected chi connectivity index (χ1v) is 31.2. The van der Waals surface area contributed by atoms with Gasteiger partial charge in [-0.1, -0.05) is 259 Å². The van der Waals surface area contributed by atoms with E-state index in [2.05, 4.69) is 118 Å². The average molecular weight is 1030 g/mol. The van der Waals surface area contributed by atoms with E-state index in [-0.39, 0.29) is 31.1 Å². The van der Waals surface area contributed by atoms with Gasteiger partial charge in [-0.05, 0) is 116 Å². The lowest BCUT2D eigenvalue weighted by molar-refractivity contribution is -0.167. The molecule has 6 nitrogen and oxygen atoms in total. The molecule has 1 atom stereocenters. The van der Waals surface area contributed by atoms with Crippen LogP contribution >= 0.6 is 0 Å². The van der Waals surface area contributed by atoms with E-state index >= 15 is 0 Å². The lowest BCUT2D eigenvalue weighted by Gasteiger charge is -2.18. The number of hydrogen-bond acceptors (Lipinski definition) is 6. The number of esters is 3. The van der Waals surface area contributed by atoms with Crippen molar-refractivity contribution in [3.05, 3.63) is 97.2 Å². The van der Waals surface area contributed by atoms with Crippen LogP contribution in [0.2, 0.25) is 0 Å². The fourth-order valence-corrected chi connectivity index (χ4v) is 8.60. The molecule has 0 aromatic heterocycles. The van der Waals surface area contributed by atoms with Crippen molar-refractivity contribution in [2.24, 2.45) is 0 Å². The predicted octanol–water partition coefficient (Wildman–Crippen LogP) is 21.3. The number of ether oxygens (including phenoxy) is 3. The van der Waals surface area contributed by atoms with Crippen molar-refractivity contribution >= 4 is 17.9 Å². The highest BCUT2D eigenvalue weighted by molar-refractivity contribution is 5.71. The van der Waals surface area contributed by atoms with Gasteiger partial charge >= 0.3 is 17.9 Å². The summed E-state index contributed by atoms with van der Waals surface area (Å²) in [5.74, 6) is -0.917. The Kier molecular flexibility index (Phi) is 58.8. The average Bonchev–Trinajstić information content (AvgIpc) is 3.40. The van der Waals surface area contributed by atoms with Gasteiger partial charge in [0.1, 0.15) is 13.2 Å². The third-order valence-corrected chi connectivity index (χ3v) is 13.3. The van der Waals surface area contributed by atoms with Crippen molar-refractivity contribution in [2.75, 3.05) is 13.2 Å². The molecule has 0 N–H and O–H groups in total. The van der Waals surface area contributed by atoms with Crippen molar-refractivity contribution in [1.82, 2.24) is 0 Å². The molecule has 0 amide bonds. The van der Waals surface area contributed by atoms with Gasteiger partial charge in [-0.3, -0.25) is 14.4 Å². The zero-order valence-corrected chi connectivity index (χ0v) is 48.6. The highest BCUT2D eigenvalue weighted by Crippen LogP contribution is 2.16. The molecule has 0 bridgehead atoms. The number of carbonyl (C=O) groups is 3. The van der Waals surface area contributed by atoms with Gasteiger partial charge in [0.15, 0.2) is 6.10 Å². The van der Waals surface area contributed by atoms with Gasteiger partial charge in [0.05, 0.1) is 0 Å². The normalized spacial score (nSPS) is 12.7. The fourth-order valence-electron chi connectivity index (χ4n) is 8.60. The topological polar surface area (TPSA) is 78.9 Å². The summed E-state index contributed by atoms with van der Waals surface area (Å²) in [5.41, 5.74) is 0. The molecule has 0 spiro atoms. The zero-order valence-electron chi connectivity index (χ0n) is 48.6. The molecule has 0 radical (unpaired) electrons. The van der Waals surface area contributed by atoms with Gasteiger partial charge in [-0.25, -0.2) is 0 Å². The van der Waals surface area contributed by atoms with Crippen molar-refractivity contribution in [2.45, 2.75) is 303 Å². The van der Waals surface area contributed by atoms with E-state index in [4.69, 9.17) is 14.2 Å². The number of unbranched alkanes of at least 4 members (excludes halogenated alkanes) is 29. The van der Waals surface area contributed by atoms with Crippen LogP contribution in [0.3, 0.4) is 0 Å². The quantitative estimate of drug-likeness (QED) is 0.0261. The van der Waals surface area contributed by atoms with Gasteiger partial charge in [-0.2, -0.15) is 0 Å². The summed E-state index contributed by atoms with van der Waals surface area (Å²) in [6.07, 6.45) is 82.7. The Balaban J connectivity index is 4.30. The Bertz CT molecular complexity index is 1460. The predicted molar refractivity (Wildman–Crippen MR) is 320 cm³/mol. The van der Waals surface area contributed by atoms with Crippen LogP contribution in [0, 0.1) is 0 Å². The summed E-state index contributed by atoms with van der Waals surface area (Å²) in [6.45, 7) is 6.46. The van der Waals surface area contributed by atoms with E-state index < -0.39 is 6.10 Å². The Morgan fingerprint density at radius 1 is 0.284 bits per heavy atom. The first-order chi connectivity index (χ1) is 36.5. The molecule has 0 saturated heterocycles. The first-order valence-electron chi connectivity index (χ1n) is 31.2. The molecular formula is C68H116O6. The van der Waals surface area contributed by atoms with Gasteiger partial charge in [0.2, 0.25) is 0 Å². The summed E-state index contributed by atoms with van der Waals surface area (Å²) in [4.78, 5) is 38.2. The Labute approximate surface area is 457 Å². The van der Waals surface area contributed by atoms with Crippen LogP contribution in [-0.4, -0.2) is 37.2 Å². The molecule has 0 aliphatic carbocycles. The minimum Gasteiger partial charge on any atom is -0.462 e. The van der Waals surface area contributed by atoms with Crippen LogP contribution in [0.5, 0.6) is 0 Å². The SMILES string of the molecule is CC/C=C\C/C=C\C/C=C\CCCCCCCC(=O)OC(COC(=O)CCCCCCC/C=C\C/C=C\CCCC)COC(=O)CCCCCCCCCCCCCC/C=C\C/C=C\C/C=C\CCCCCCC. The van der Waals surface area contributed by atoms with Crippen molar-refractivity contribution in [3.63, 3.8) is 0 Å². The van der Waals surface area contributed by atoms with Crippen LogP contribution < -0.4 is 0 Å². The Morgan fingerprint density at radius 2 is 0.541 bits per heavy atom. The third kappa shape index (κ3) is 59.2. The monoisotopic (exact) mass is 1030 g/mol. The van der Waals surface area contributed by atoms with Crippen molar-refractivity contribution in [3.8, 4) is 0 Å². The van der Waals surface area contributed by atoms with Gasteiger partial charge in [0.25, 0.3) is 0 Å². The summed E-state index contributed by atoms with van der Waals surface area (Å²) in [6, 6.07) is 0. The van der Waals surface area contributed by atoms with Gasteiger partial charge in [-0.15, -0.1) is 0 Å². The number of hydrogen-bond donors (Lipinski definition) is 0. The number of rotatable bonds is 56. The minimum atomic E-state index is -0.795. The lowest BCUT2D eigenvalue weighted by Crippen LogP contribution is -2.30. The van der Waals surface area contributed by atoms with Crippen LogP contribution in [0.15, 0.2) is 97.2 Å². The van der Waals surface area contributed by atoms with E-state index in [0.29, 0.717) is 19.3 Å². The Hall–Kier alpha value is -3.67. The molecule has 0 aliphatic heterocycles. The lowest BCUT2D eigenvalue weighted by atomic mass is 10.0. The van der Waals surface area contributed by atoms with Gasteiger partial charge < -0.3 is 14.2 Å². The second-order valence-electron chi connectivity index (χ2n) is 20.6. The molecule has 0 aliphatic rings. The van der Waals surface area contributed by atoms with Crippen LogP contribution in [0.1, 0.15) is 297 Å². The van der Waals surface area contributed by atoms with Crippen LogP contribution in [-0.2, 0) is 28.6 Å². The summed E-state index contributed by atoms with van der Waals surface area (Å²) < 4.78 is 16.9. The van der Waals surface area contributed by atoms with Crippen molar-refractivity contribution < 1.29 is 28.6 Å². The van der Waals surface area contributed by atoms with Gasteiger partial charge in [0, 0.05) is 19.3 Å². The molecule has 0 saturated carbocycles. The maximum atomic E-state index is 12.9. The second kappa shape index (κ2) is 61.9. The standard InChI is InChI=1S/C68H116O6/c1-4-7-10-13-16-19-22-25-28-29-30-31-32-33-34-35-36-37-38-39-41-43-46-49-52-55-58-61-67(70)73-64-65(63-72-66(69)60-57-54-51-48-45-42-27-24-21-18-15-12-9-6-3)74-68(71)62-59-56-53-50-47-44-40-26-23-20-17-14-11-8-5-2/h8,11,15,17-18,20,22,24-27,29-30,32-33,40,65H,4-7,9-10,12-14,16,19,21,23,28,31,34-39,41-64H2,1-3H3/b11-8-,18-15-,20-17-,25-22-,27-24-,30-29-,33-32-,40-26-. The maximum absolute atomic E-state index is 12.9. The molecule has 0 aromatic rings. The minimum absolute atomic E-state index is 0.0899. The van der Waals surface area contributed by atoms with E-state index in [1.54, 1.807) is 0 Å². The van der Waals surface area contributed by atoms with E-state index in [1.165, 1.54) is 122 Å². The summed E-state index contributed by atoms with van der Waals surface area (Å²) in [5, 5.41) is 0. The highest BCUT2D eigenvalue weighted by Gasteiger charge is 2.19. The number of allylic oxidation sites excluding steroid dienone is 16. The smallest absolute Gasteiger partial charge is 0.306 e. The Morgan fingerprint density at radius 3 is 0.865 bits per heavy atom. The van der Waals surface area contributed by atoms with Crippen molar-refractivity contribution in [1.29, 1.82) is 0 Å². The molecule has 6 heteroatoms. The zero-order chi connectivity index (χ0) is 53.6. The van der Waals surface area contributed by atoms with E-state index in [1.807, 2.05) is 0 Å². The molecule has 0 fully saturated rings. The maximum Gasteiger partial charge on any atom is 0.306 e.